The number of hydrogen-bond acceptors (Lipinski definition) is 4. The van der Waals surface area contributed by atoms with Gasteiger partial charge >= 0.3 is 0 Å². The monoisotopic (exact) mass is 304 g/mol. The predicted molar refractivity (Wildman–Crippen MR) is 82.1 cm³/mol. The van der Waals surface area contributed by atoms with Crippen LogP contribution in [0.15, 0.2) is 30.2 Å². The van der Waals surface area contributed by atoms with Crippen molar-refractivity contribution in [3.63, 3.8) is 0 Å². The Morgan fingerprint density at radius 2 is 2.48 bits per heavy atom. The van der Waals surface area contributed by atoms with E-state index in [4.69, 9.17) is 0 Å². The lowest BCUT2D eigenvalue weighted by molar-refractivity contribution is -0.136. The van der Waals surface area contributed by atoms with Gasteiger partial charge in [0.2, 0.25) is 5.91 Å². The number of carbonyl (C=O) groups excluding carboxylic acids is 1. The molecule has 0 aliphatic carbocycles. The van der Waals surface area contributed by atoms with Crippen molar-refractivity contribution in [1.29, 1.82) is 0 Å². The van der Waals surface area contributed by atoms with Crippen LogP contribution in [0, 0.1) is 5.92 Å². The molecule has 112 valence electrons. The molecule has 2 aromatic heterocycles. The number of piperidine rings is 1. The van der Waals surface area contributed by atoms with Gasteiger partial charge in [-0.3, -0.25) is 4.79 Å². The fourth-order valence-corrected chi connectivity index (χ4v) is 3.74. The quantitative estimate of drug-likeness (QED) is 0.871. The zero-order valence-corrected chi connectivity index (χ0v) is 13.0. The van der Waals surface area contributed by atoms with Gasteiger partial charge in [0.15, 0.2) is 0 Å². The molecule has 0 unspecified atom stereocenters. The lowest BCUT2D eigenvalue weighted by Crippen LogP contribution is -2.43. The molecule has 1 saturated heterocycles. The molecule has 1 amide bonds. The normalized spacial score (nSPS) is 20.4. The second kappa shape index (κ2) is 6.39. The molecule has 3 heterocycles. The highest BCUT2D eigenvalue weighted by Crippen LogP contribution is 2.23. The van der Waals surface area contributed by atoms with Crippen molar-refractivity contribution in [2.24, 2.45) is 5.92 Å². The smallest absolute Gasteiger partial charge is 0.225 e. The van der Waals surface area contributed by atoms with Crippen LogP contribution in [0.25, 0.3) is 0 Å². The summed E-state index contributed by atoms with van der Waals surface area (Å²) < 4.78 is 1.88. The standard InChI is InChI=1S/C15H20N4OS/c1-12(8-14-5-3-7-21-14)15(20)18-6-2-4-13(9-18)19-11-16-10-17-19/h3,5,7,10-13H,2,4,6,8-9H2,1H3/t12-,13+/m0/s1. The number of hydrogen-bond donors (Lipinski definition) is 0. The van der Waals surface area contributed by atoms with Crippen LogP contribution in [0.2, 0.25) is 0 Å². The summed E-state index contributed by atoms with van der Waals surface area (Å²) in [6.45, 7) is 3.64. The van der Waals surface area contributed by atoms with E-state index in [0.29, 0.717) is 0 Å². The third-order valence-electron chi connectivity index (χ3n) is 4.03. The molecule has 0 spiro atoms. The molecule has 5 nitrogen and oxygen atoms in total. The third kappa shape index (κ3) is 3.32. The molecule has 0 saturated carbocycles. The van der Waals surface area contributed by atoms with Gasteiger partial charge in [-0.05, 0) is 30.7 Å². The van der Waals surface area contributed by atoms with Crippen molar-refractivity contribution in [2.45, 2.75) is 32.2 Å². The Hall–Kier alpha value is -1.69. The Kier molecular flexibility index (Phi) is 4.34. The van der Waals surface area contributed by atoms with E-state index in [1.807, 2.05) is 22.6 Å². The van der Waals surface area contributed by atoms with Crippen molar-refractivity contribution < 1.29 is 4.79 Å². The van der Waals surface area contributed by atoms with Gasteiger partial charge in [-0.2, -0.15) is 5.10 Å². The van der Waals surface area contributed by atoms with Crippen molar-refractivity contribution >= 4 is 17.2 Å². The maximum absolute atomic E-state index is 12.6. The minimum Gasteiger partial charge on any atom is -0.340 e. The summed E-state index contributed by atoms with van der Waals surface area (Å²) >= 11 is 1.72. The Balaban J connectivity index is 1.61. The lowest BCUT2D eigenvalue weighted by atomic mass is 10.0. The van der Waals surface area contributed by atoms with Gasteiger partial charge in [-0.15, -0.1) is 11.3 Å². The van der Waals surface area contributed by atoms with Crippen LogP contribution in [0.3, 0.4) is 0 Å². The number of nitrogens with zero attached hydrogens (tertiary/aromatic N) is 4. The molecule has 6 heteroatoms. The Morgan fingerprint density at radius 3 is 3.19 bits per heavy atom. The summed E-state index contributed by atoms with van der Waals surface area (Å²) in [5, 5.41) is 6.27. The summed E-state index contributed by atoms with van der Waals surface area (Å²) in [6, 6.07) is 4.40. The molecule has 0 radical (unpaired) electrons. The van der Waals surface area contributed by atoms with Crippen LogP contribution in [0.5, 0.6) is 0 Å². The van der Waals surface area contributed by atoms with Crippen LogP contribution >= 0.6 is 11.3 Å². The zero-order valence-electron chi connectivity index (χ0n) is 12.2. The molecule has 0 bridgehead atoms. The molecule has 2 aromatic rings. The van der Waals surface area contributed by atoms with Crippen LogP contribution in [0.4, 0.5) is 0 Å². The Bertz CT molecular complexity index is 567. The average molecular weight is 304 g/mol. The van der Waals surface area contributed by atoms with E-state index < -0.39 is 0 Å². The minimum atomic E-state index is 0.0400. The van der Waals surface area contributed by atoms with Gasteiger partial charge in [0.1, 0.15) is 12.7 Å². The number of likely N-dealkylation sites (tertiary alicyclic amines) is 1. The molecular weight excluding hydrogens is 284 g/mol. The maximum atomic E-state index is 12.6. The molecular formula is C15H20N4OS. The van der Waals surface area contributed by atoms with Crippen LogP contribution in [-0.2, 0) is 11.2 Å². The highest BCUT2D eigenvalue weighted by Gasteiger charge is 2.28. The van der Waals surface area contributed by atoms with Gasteiger partial charge in [0.05, 0.1) is 6.04 Å². The predicted octanol–water partition coefficient (Wildman–Crippen LogP) is 2.38. The largest absolute Gasteiger partial charge is 0.340 e. The number of rotatable bonds is 4. The van der Waals surface area contributed by atoms with E-state index in [-0.39, 0.29) is 17.9 Å². The van der Waals surface area contributed by atoms with Gasteiger partial charge in [0, 0.05) is 23.9 Å². The van der Waals surface area contributed by atoms with E-state index in [2.05, 4.69) is 21.5 Å². The fourth-order valence-electron chi connectivity index (χ4n) is 2.91. The zero-order chi connectivity index (χ0) is 14.7. The summed E-state index contributed by atoms with van der Waals surface area (Å²) in [5.41, 5.74) is 0. The third-order valence-corrected chi connectivity index (χ3v) is 4.93. The second-order valence-corrected chi connectivity index (χ2v) is 6.67. The van der Waals surface area contributed by atoms with Crippen LogP contribution in [-0.4, -0.2) is 38.7 Å². The highest BCUT2D eigenvalue weighted by atomic mass is 32.1. The summed E-state index contributed by atoms with van der Waals surface area (Å²) in [5.74, 6) is 0.298. The molecule has 1 fully saturated rings. The van der Waals surface area contributed by atoms with Gasteiger partial charge in [-0.25, -0.2) is 9.67 Å². The molecule has 1 aliphatic rings. The number of amides is 1. The molecule has 3 rings (SSSR count). The van der Waals surface area contributed by atoms with Crippen molar-refractivity contribution in [1.82, 2.24) is 19.7 Å². The van der Waals surface area contributed by atoms with E-state index in [1.54, 1.807) is 24.0 Å². The first kappa shape index (κ1) is 14.3. The SMILES string of the molecule is C[C@@H](Cc1cccs1)C(=O)N1CCC[C@@H](n2cncn2)C1. The Morgan fingerprint density at radius 1 is 1.57 bits per heavy atom. The van der Waals surface area contributed by atoms with Crippen molar-refractivity contribution in [3.05, 3.63) is 35.0 Å². The van der Waals surface area contributed by atoms with E-state index in [9.17, 15) is 4.79 Å². The van der Waals surface area contributed by atoms with E-state index in [0.717, 1.165) is 32.4 Å². The van der Waals surface area contributed by atoms with Crippen LogP contribution < -0.4 is 0 Å². The number of thiophene rings is 1. The Labute approximate surface area is 128 Å². The van der Waals surface area contributed by atoms with Crippen molar-refractivity contribution in [2.75, 3.05) is 13.1 Å². The molecule has 21 heavy (non-hydrogen) atoms. The highest BCUT2D eigenvalue weighted by molar-refractivity contribution is 7.09. The minimum absolute atomic E-state index is 0.0400. The maximum Gasteiger partial charge on any atom is 0.225 e. The fraction of sp³-hybridized carbons (Fsp3) is 0.533. The first-order valence-corrected chi connectivity index (χ1v) is 8.27. The first-order valence-electron chi connectivity index (χ1n) is 7.39. The molecule has 2 atom stereocenters. The summed E-state index contributed by atoms with van der Waals surface area (Å²) in [6.07, 6.45) is 6.23. The molecule has 1 aliphatic heterocycles. The van der Waals surface area contributed by atoms with Crippen molar-refractivity contribution in [3.8, 4) is 0 Å². The van der Waals surface area contributed by atoms with E-state index in [1.165, 1.54) is 4.88 Å². The van der Waals surface area contributed by atoms with Gasteiger partial charge in [-0.1, -0.05) is 13.0 Å². The van der Waals surface area contributed by atoms with Gasteiger partial charge < -0.3 is 4.90 Å². The van der Waals surface area contributed by atoms with Gasteiger partial charge in [0.25, 0.3) is 0 Å². The average Bonchev–Trinajstić information content (AvgIpc) is 3.20. The topological polar surface area (TPSA) is 51.0 Å². The summed E-state index contributed by atoms with van der Waals surface area (Å²) in [7, 11) is 0. The molecule has 0 N–H and O–H groups in total. The summed E-state index contributed by atoms with van der Waals surface area (Å²) in [4.78, 5) is 19.9. The lowest BCUT2D eigenvalue weighted by Gasteiger charge is -2.34. The first-order chi connectivity index (χ1) is 10.2. The number of carbonyl (C=O) groups is 1. The van der Waals surface area contributed by atoms with Crippen LogP contribution in [0.1, 0.15) is 30.7 Å². The van der Waals surface area contributed by atoms with E-state index >= 15 is 0 Å². The molecule has 0 aromatic carbocycles. The number of aromatic nitrogens is 3. The second-order valence-electron chi connectivity index (χ2n) is 5.64.